The van der Waals surface area contributed by atoms with Gasteiger partial charge in [0.2, 0.25) is 0 Å². The summed E-state index contributed by atoms with van der Waals surface area (Å²) < 4.78 is 7.45. The van der Waals surface area contributed by atoms with Crippen LogP contribution in [0, 0.1) is 5.92 Å². The predicted molar refractivity (Wildman–Crippen MR) is 107 cm³/mol. The van der Waals surface area contributed by atoms with E-state index in [-0.39, 0.29) is 6.54 Å². The quantitative estimate of drug-likeness (QED) is 0.728. The maximum Gasteiger partial charge on any atom is 0.408 e. The van der Waals surface area contributed by atoms with Crippen molar-refractivity contribution >= 4 is 33.8 Å². The van der Waals surface area contributed by atoms with Crippen LogP contribution < -0.4 is 11.1 Å². The molecule has 3 N–H and O–H groups in total. The molecule has 3 rings (SSSR count). The van der Waals surface area contributed by atoms with Gasteiger partial charge in [0, 0.05) is 11.9 Å². The number of pyridine rings is 1. The second-order valence-electron chi connectivity index (χ2n) is 8.10. The van der Waals surface area contributed by atoms with Crippen LogP contribution in [0.15, 0.2) is 24.3 Å². The Morgan fingerprint density at radius 3 is 2.63 bits per heavy atom. The molecule has 0 fully saturated rings. The van der Waals surface area contributed by atoms with E-state index in [1.165, 1.54) is 0 Å². The molecular weight excluding hydrogens is 342 g/mol. The Labute approximate surface area is 158 Å². The Bertz CT molecular complexity index is 985. The van der Waals surface area contributed by atoms with E-state index in [2.05, 4.69) is 33.7 Å². The minimum absolute atomic E-state index is 0.254. The highest BCUT2D eigenvalue weighted by molar-refractivity contribution is 6.06. The van der Waals surface area contributed by atoms with Gasteiger partial charge in [-0.25, -0.2) is 14.8 Å². The largest absolute Gasteiger partial charge is 0.444 e. The van der Waals surface area contributed by atoms with Crippen molar-refractivity contribution < 1.29 is 9.53 Å². The lowest BCUT2D eigenvalue weighted by Crippen LogP contribution is -2.32. The highest BCUT2D eigenvalue weighted by Crippen LogP contribution is 2.29. The van der Waals surface area contributed by atoms with Gasteiger partial charge in [-0.05, 0) is 32.8 Å². The summed E-state index contributed by atoms with van der Waals surface area (Å²) in [5, 5.41) is 3.79. The molecule has 7 nitrogen and oxygen atoms in total. The van der Waals surface area contributed by atoms with E-state index in [1.54, 1.807) is 0 Å². The van der Waals surface area contributed by atoms with Gasteiger partial charge >= 0.3 is 6.09 Å². The molecule has 27 heavy (non-hydrogen) atoms. The van der Waals surface area contributed by atoms with Crippen LogP contribution in [0.3, 0.4) is 0 Å². The number of alkyl carbamates (subject to hydrolysis) is 1. The number of ether oxygens (including phenoxy) is 1. The summed E-state index contributed by atoms with van der Waals surface area (Å²) in [4.78, 5) is 21.2. The summed E-state index contributed by atoms with van der Waals surface area (Å²) in [7, 11) is 0. The number of hydrogen-bond acceptors (Lipinski definition) is 5. The molecule has 2 aromatic heterocycles. The van der Waals surface area contributed by atoms with Crippen molar-refractivity contribution in [3.63, 3.8) is 0 Å². The highest BCUT2D eigenvalue weighted by Gasteiger charge is 2.20. The van der Waals surface area contributed by atoms with Crippen LogP contribution in [0.4, 0.5) is 10.6 Å². The number of nitrogens with zero attached hydrogens (tertiary/aromatic N) is 3. The minimum Gasteiger partial charge on any atom is -0.444 e. The molecule has 0 unspecified atom stereocenters. The van der Waals surface area contributed by atoms with E-state index in [4.69, 9.17) is 10.5 Å². The standard InChI is InChI=1S/C20H27N5O2/c1-12(2)11-25-15(10-22-19(26)27-20(3,4)5)24-16-17(25)13-8-6-7-9-14(13)23-18(16)21/h6-9,12H,10-11H2,1-5H3,(H2,21,23)(H,22,26). The number of imidazole rings is 1. The second kappa shape index (κ2) is 7.06. The number of hydrogen-bond donors (Lipinski definition) is 2. The van der Waals surface area contributed by atoms with Gasteiger partial charge in [-0.3, -0.25) is 0 Å². The average Bonchev–Trinajstić information content (AvgIpc) is 2.90. The van der Waals surface area contributed by atoms with Crippen LogP contribution in [-0.2, 0) is 17.8 Å². The van der Waals surface area contributed by atoms with Crippen LogP contribution in [0.2, 0.25) is 0 Å². The molecule has 0 saturated heterocycles. The van der Waals surface area contributed by atoms with E-state index < -0.39 is 11.7 Å². The van der Waals surface area contributed by atoms with E-state index >= 15 is 0 Å². The van der Waals surface area contributed by atoms with Crippen molar-refractivity contribution in [1.29, 1.82) is 0 Å². The van der Waals surface area contributed by atoms with Crippen LogP contribution in [0.5, 0.6) is 0 Å². The zero-order chi connectivity index (χ0) is 19.8. The molecule has 0 saturated carbocycles. The Hall–Kier alpha value is -2.83. The third-order valence-electron chi connectivity index (χ3n) is 4.03. The fraction of sp³-hybridized carbons (Fsp3) is 0.450. The van der Waals surface area contributed by atoms with Crippen molar-refractivity contribution in [2.75, 3.05) is 5.73 Å². The van der Waals surface area contributed by atoms with Crippen LogP contribution in [0.1, 0.15) is 40.4 Å². The fourth-order valence-electron chi connectivity index (χ4n) is 3.07. The molecule has 144 valence electrons. The summed E-state index contributed by atoms with van der Waals surface area (Å²) in [5.41, 5.74) is 8.07. The van der Waals surface area contributed by atoms with Crippen molar-refractivity contribution in [2.45, 2.75) is 53.3 Å². The average molecular weight is 369 g/mol. The van der Waals surface area contributed by atoms with Crippen molar-refractivity contribution in [3.05, 3.63) is 30.1 Å². The number of benzene rings is 1. The summed E-state index contributed by atoms with van der Waals surface area (Å²) in [6.45, 7) is 10.8. The number of aromatic nitrogens is 3. The SMILES string of the molecule is CC(C)Cn1c(CNC(=O)OC(C)(C)C)nc2c(N)nc3ccccc3c21. The van der Waals surface area contributed by atoms with Crippen LogP contribution in [0.25, 0.3) is 21.9 Å². The Kier molecular flexibility index (Phi) is 4.95. The number of para-hydroxylation sites is 1. The van der Waals surface area contributed by atoms with Crippen molar-refractivity contribution in [1.82, 2.24) is 19.9 Å². The molecule has 0 bridgehead atoms. The van der Waals surface area contributed by atoms with Crippen molar-refractivity contribution in [3.8, 4) is 0 Å². The van der Waals surface area contributed by atoms with Gasteiger partial charge in [-0.2, -0.15) is 0 Å². The van der Waals surface area contributed by atoms with E-state index in [0.29, 0.717) is 17.3 Å². The number of fused-ring (bicyclic) bond motifs is 3. The fourth-order valence-corrected chi connectivity index (χ4v) is 3.07. The lowest BCUT2D eigenvalue weighted by Gasteiger charge is -2.20. The maximum atomic E-state index is 12.1. The first-order chi connectivity index (χ1) is 12.7. The third-order valence-corrected chi connectivity index (χ3v) is 4.03. The maximum absolute atomic E-state index is 12.1. The summed E-state index contributed by atoms with van der Waals surface area (Å²) >= 11 is 0. The number of nitrogens with two attached hydrogens (primary N) is 1. The van der Waals surface area contributed by atoms with Gasteiger partial charge in [0.1, 0.15) is 16.9 Å². The molecule has 0 aliphatic carbocycles. The first kappa shape index (κ1) is 18.9. The van der Waals surface area contributed by atoms with E-state index in [0.717, 1.165) is 28.8 Å². The van der Waals surface area contributed by atoms with E-state index in [9.17, 15) is 4.79 Å². The van der Waals surface area contributed by atoms with Gasteiger partial charge < -0.3 is 20.4 Å². The zero-order valence-electron chi connectivity index (χ0n) is 16.5. The molecule has 2 heterocycles. The lowest BCUT2D eigenvalue weighted by molar-refractivity contribution is 0.0521. The van der Waals surface area contributed by atoms with Gasteiger partial charge in [-0.15, -0.1) is 0 Å². The predicted octanol–water partition coefficient (Wildman–Crippen LogP) is 3.85. The summed E-state index contributed by atoms with van der Waals surface area (Å²) in [6.07, 6.45) is -0.471. The number of nitrogens with one attached hydrogen (secondary N) is 1. The smallest absolute Gasteiger partial charge is 0.408 e. The molecule has 0 aliphatic rings. The first-order valence-electron chi connectivity index (χ1n) is 9.16. The molecule has 1 aromatic carbocycles. The second-order valence-corrected chi connectivity index (χ2v) is 8.10. The Morgan fingerprint density at radius 2 is 1.96 bits per heavy atom. The van der Waals surface area contributed by atoms with Crippen molar-refractivity contribution in [2.24, 2.45) is 5.92 Å². The number of rotatable bonds is 4. The topological polar surface area (TPSA) is 95.1 Å². The molecule has 0 spiro atoms. The Balaban J connectivity index is 2.05. The summed E-state index contributed by atoms with van der Waals surface area (Å²) in [6, 6.07) is 7.88. The third kappa shape index (κ3) is 4.13. The molecular formula is C20H27N5O2. The van der Waals surface area contributed by atoms with Crippen LogP contribution >= 0.6 is 0 Å². The zero-order valence-corrected chi connectivity index (χ0v) is 16.5. The molecule has 7 heteroatoms. The molecule has 1 amide bonds. The molecule has 0 aliphatic heterocycles. The first-order valence-corrected chi connectivity index (χ1v) is 9.16. The Morgan fingerprint density at radius 1 is 1.26 bits per heavy atom. The monoisotopic (exact) mass is 369 g/mol. The van der Waals surface area contributed by atoms with E-state index in [1.807, 2.05) is 45.0 Å². The lowest BCUT2D eigenvalue weighted by atomic mass is 10.1. The van der Waals surface area contributed by atoms with Gasteiger partial charge in [-0.1, -0.05) is 32.0 Å². The molecule has 0 radical (unpaired) electrons. The molecule has 0 atom stereocenters. The number of carbonyl (C=O) groups is 1. The molecule has 3 aromatic rings. The number of nitrogen functional groups attached to an aromatic ring is 1. The highest BCUT2D eigenvalue weighted by atomic mass is 16.6. The van der Waals surface area contributed by atoms with Gasteiger partial charge in [0.25, 0.3) is 0 Å². The van der Waals surface area contributed by atoms with Gasteiger partial charge in [0.05, 0.1) is 17.6 Å². The van der Waals surface area contributed by atoms with Gasteiger partial charge in [0.15, 0.2) is 5.82 Å². The number of amides is 1. The summed E-state index contributed by atoms with van der Waals surface area (Å²) in [5.74, 6) is 1.52. The van der Waals surface area contributed by atoms with Crippen LogP contribution in [-0.4, -0.2) is 26.2 Å². The normalized spacial score (nSPS) is 12.1. The minimum atomic E-state index is -0.549. The number of anilines is 1. The number of carbonyl (C=O) groups excluding carboxylic acids is 1.